The molecule has 1 aliphatic carbocycles. The van der Waals surface area contributed by atoms with Gasteiger partial charge in [0.2, 0.25) is 0 Å². The zero-order valence-electron chi connectivity index (χ0n) is 8.13. The standard InChI is InChI=1S/C11H13ClOS/c1-9-3-5-10(6-4-9)14(13)11(12)7-2-8-11/h3-6H,2,7-8H2,1H3/t14-/m1/s1. The fourth-order valence-electron chi connectivity index (χ4n) is 1.51. The molecule has 0 N–H and O–H groups in total. The van der Waals surface area contributed by atoms with Gasteiger partial charge in [-0.1, -0.05) is 17.7 Å². The number of benzene rings is 1. The first-order chi connectivity index (χ1) is 6.62. The topological polar surface area (TPSA) is 17.1 Å². The van der Waals surface area contributed by atoms with E-state index in [0.29, 0.717) is 0 Å². The van der Waals surface area contributed by atoms with Crippen LogP contribution in [0.2, 0.25) is 0 Å². The predicted octanol–water partition coefficient (Wildman–Crippen LogP) is 3.22. The summed E-state index contributed by atoms with van der Waals surface area (Å²) in [5, 5.41) is 0. The third-order valence-corrected chi connectivity index (χ3v) is 5.24. The molecule has 2 rings (SSSR count). The molecule has 14 heavy (non-hydrogen) atoms. The molecule has 1 atom stereocenters. The lowest BCUT2D eigenvalue weighted by Crippen LogP contribution is -2.35. The van der Waals surface area contributed by atoms with E-state index >= 15 is 0 Å². The molecule has 1 aromatic carbocycles. The molecule has 1 fully saturated rings. The quantitative estimate of drug-likeness (QED) is 0.711. The van der Waals surface area contributed by atoms with Gasteiger partial charge in [0.15, 0.2) is 0 Å². The largest absolute Gasteiger partial charge is 0.253 e. The molecule has 1 aliphatic rings. The van der Waals surface area contributed by atoms with Gasteiger partial charge in [-0.3, -0.25) is 4.21 Å². The number of hydrogen-bond donors (Lipinski definition) is 0. The molecule has 0 heterocycles. The first-order valence-electron chi connectivity index (χ1n) is 4.79. The molecular formula is C11H13ClOS. The van der Waals surface area contributed by atoms with Crippen molar-refractivity contribution in [2.24, 2.45) is 0 Å². The molecule has 0 radical (unpaired) electrons. The van der Waals surface area contributed by atoms with Crippen molar-refractivity contribution in [1.29, 1.82) is 0 Å². The molecule has 0 aromatic heterocycles. The van der Waals surface area contributed by atoms with Crippen LogP contribution in [0.4, 0.5) is 0 Å². The normalized spacial score (nSPS) is 21.3. The third-order valence-electron chi connectivity index (χ3n) is 2.67. The van der Waals surface area contributed by atoms with Crippen LogP contribution in [-0.2, 0) is 10.8 Å². The second kappa shape index (κ2) is 3.67. The lowest BCUT2D eigenvalue weighted by atomic mass is 9.99. The number of alkyl halides is 1. The molecule has 76 valence electrons. The molecule has 0 spiro atoms. The van der Waals surface area contributed by atoms with Gasteiger partial charge >= 0.3 is 0 Å². The molecule has 0 saturated heterocycles. The van der Waals surface area contributed by atoms with Gasteiger partial charge < -0.3 is 0 Å². The van der Waals surface area contributed by atoms with E-state index in [1.807, 2.05) is 31.2 Å². The Hall–Kier alpha value is -0.340. The van der Waals surface area contributed by atoms with Gasteiger partial charge in [0.05, 0.1) is 10.8 Å². The summed E-state index contributed by atoms with van der Waals surface area (Å²) in [6.07, 6.45) is 2.84. The smallest absolute Gasteiger partial charge is 0.124 e. The SMILES string of the molecule is Cc1ccc([S@@](=O)C2(Cl)CCC2)cc1. The summed E-state index contributed by atoms with van der Waals surface area (Å²) in [6.45, 7) is 2.02. The maximum Gasteiger partial charge on any atom is 0.124 e. The Morgan fingerprint density at radius 3 is 2.29 bits per heavy atom. The molecule has 1 nitrogen and oxygen atoms in total. The van der Waals surface area contributed by atoms with E-state index in [2.05, 4.69) is 0 Å². The molecule has 1 aromatic rings. The van der Waals surface area contributed by atoms with Crippen LogP contribution in [-0.4, -0.2) is 8.42 Å². The highest BCUT2D eigenvalue weighted by molar-refractivity contribution is 7.88. The van der Waals surface area contributed by atoms with E-state index < -0.39 is 15.0 Å². The lowest BCUT2D eigenvalue weighted by molar-refractivity contribution is 0.460. The van der Waals surface area contributed by atoms with Gasteiger partial charge in [0.25, 0.3) is 0 Å². The highest BCUT2D eigenvalue weighted by Crippen LogP contribution is 2.43. The Morgan fingerprint density at radius 2 is 1.86 bits per heavy atom. The molecule has 0 unspecified atom stereocenters. The van der Waals surface area contributed by atoms with Crippen LogP contribution in [0.15, 0.2) is 29.2 Å². The summed E-state index contributed by atoms with van der Waals surface area (Å²) in [5.74, 6) is 0. The van der Waals surface area contributed by atoms with Crippen LogP contribution >= 0.6 is 11.6 Å². The first-order valence-corrected chi connectivity index (χ1v) is 6.32. The Labute approximate surface area is 91.9 Å². The highest BCUT2D eigenvalue weighted by atomic mass is 35.5. The van der Waals surface area contributed by atoms with Gasteiger partial charge in [-0.25, -0.2) is 0 Å². The zero-order chi connectivity index (χ0) is 10.2. The van der Waals surface area contributed by atoms with Crippen LogP contribution in [0.3, 0.4) is 0 Å². The van der Waals surface area contributed by atoms with Crippen LogP contribution in [0.5, 0.6) is 0 Å². The van der Waals surface area contributed by atoms with Crippen molar-refractivity contribution in [3.05, 3.63) is 29.8 Å². The second-order valence-corrected chi connectivity index (χ2v) is 6.56. The maximum absolute atomic E-state index is 12.0. The summed E-state index contributed by atoms with van der Waals surface area (Å²) in [5.41, 5.74) is 1.18. The van der Waals surface area contributed by atoms with E-state index in [0.717, 1.165) is 24.2 Å². The number of rotatable bonds is 2. The average Bonchev–Trinajstić information content (AvgIpc) is 2.14. The van der Waals surface area contributed by atoms with Gasteiger partial charge in [0.1, 0.15) is 4.21 Å². The predicted molar refractivity (Wildman–Crippen MR) is 60.0 cm³/mol. The number of aryl methyl sites for hydroxylation is 1. The minimum atomic E-state index is -1.05. The van der Waals surface area contributed by atoms with Crippen molar-refractivity contribution in [3.8, 4) is 0 Å². The van der Waals surface area contributed by atoms with E-state index in [4.69, 9.17) is 11.6 Å². The Kier molecular flexibility index (Phi) is 2.67. The zero-order valence-corrected chi connectivity index (χ0v) is 9.70. The molecular weight excluding hydrogens is 216 g/mol. The Morgan fingerprint density at radius 1 is 1.29 bits per heavy atom. The average molecular weight is 229 g/mol. The maximum atomic E-state index is 12.0. The van der Waals surface area contributed by atoms with Gasteiger partial charge in [-0.2, -0.15) is 0 Å². The van der Waals surface area contributed by atoms with E-state index in [-0.39, 0.29) is 0 Å². The third kappa shape index (κ3) is 1.73. The van der Waals surface area contributed by atoms with E-state index in [1.54, 1.807) is 0 Å². The van der Waals surface area contributed by atoms with Crippen molar-refractivity contribution < 1.29 is 4.21 Å². The Balaban J connectivity index is 2.23. The molecule has 0 aliphatic heterocycles. The highest BCUT2D eigenvalue weighted by Gasteiger charge is 2.41. The molecule has 0 bridgehead atoms. The van der Waals surface area contributed by atoms with Gasteiger partial charge in [0, 0.05) is 4.90 Å². The summed E-state index contributed by atoms with van der Waals surface area (Å²) in [6, 6.07) is 7.78. The van der Waals surface area contributed by atoms with Crippen molar-refractivity contribution >= 4 is 22.4 Å². The fraction of sp³-hybridized carbons (Fsp3) is 0.455. The van der Waals surface area contributed by atoms with E-state index in [9.17, 15) is 4.21 Å². The lowest BCUT2D eigenvalue weighted by Gasteiger charge is -2.34. The van der Waals surface area contributed by atoms with Crippen molar-refractivity contribution in [3.63, 3.8) is 0 Å². The first kappa shape index (κ1) is 10.2. The van der Waals surface area contributed by atoms with Crippen LogP contribution in [0.1, 0.15) is 24.8 Å². The summed E-state index contributed by atoms with van der Waals surface area (Å²) in [4.78, 5) is 0.852. The summed E-state index contributed by atoms with van der Waals surface area (Å²) >= 11 is 6.23. The summed E-state index contributed by atoms with van der Waals surface area (Å²) in [7, 11) is -1.05. The number of hydrogen-bond acceptors (Lipinski definition) is 1. The van der Waals surface area contributed by atoms with Crippen molar-refractivity contribution in [1.82, 2.24) is 0 Å². The Bertz CT molecular complexity index is 354. The van der Waals surface area contributed by atoms with Crippen molar-refractivity contribution in [2.75, 3.05) is 0 Å². The fourth-order valence-corrected chi connectivity index (χ4v) is 3.51. The van der Waals surface area contributed by atoms with Crippen molar-refractivity contribution in [2.45, 2.75) is 35.3 Å². The van der Waals surface area contributed by atoms with Crippen LogP contribution in [0.25, 0.3) is 0 Å². The number of halogens is 1. The van der Waals surface area contributed by atoms with E-state index in [1.165, 1.54) is 5.56 Å². The van der Waals surface area contributed by atoms with Gasteiger partial charge in [-0.15, -0.1) is 11.6 Å². The summed E-state index contributed by atoms with van der Waals surface area (Å²) < 4.78 is 11.6. The minimum absolute atomic E-state index is 0.477. The second-order valence-electron chi connectivity index (χ2n) is 3.82. The molecule has 0 amide bonds. The molecule has 1 saturated carbocycles. The monoisotopic (exact) mass is 228 g/mol. The van der Waals surface area contributed by atoms with Crippen LogP contribution in [0, 0.1) is 6.92 Å². The molecule has 3 heteroatoms. The van der Waals surface area contributed by atoms with Crippen LogP contribution < -0.4 is 0 Å². The van der Waals surface area contributed by atoms with Gasteiger partial charge in [-0.05, 0) is 38.3 Å². The minimum Gasteiger partial charge on any atom is -0.253 e.